The van der Waals surface area contributed by atoms with Gasteiger partial charge in [-0.25, -0.2) is 14.8 Å². The van der Waals surface area contributed by atoms with Gasteiger partial charge in [-0.1, -0.05) is 0 Å². The molecule has 9 nitrogen and oxygen atoms in total. The Hall–Kier alpha value is -3.24. The van der Waals surface area contributed by atoms with Gasteiger partial charge in [0.25, 0.3) is 11.5 Å². The van der Waals surface area contributed by atoms with Crippen molar-refractivity contribution in [1.82, 2.24) is 24.2 Å². The maximum atomic E-state index is 13.5. The maximum absolute atomic E-state index is 13.5. The predicted octanol–water partition coefficient (Wildman–Crippen LogP) is 2.33. The lowest BCUT2D eigenvalue weighted by Gasteiger charge is -2.15. The first-order valence-corrected chi connectivity index (χ1v) is 11.4. The molecule has 1 fully saturated rings. The molecule has 0 atom stereocenters. The molecule has 10 heteroatoms. The van der Waals surface area contributed by atoms with Crippen LogP contribution in [0.1, 0.15) is 39.8 Å². The maximum Gasteiger partial charge on any atom is 0.331 e. The quantitative estimate of drug-likeness (QED) is 0.511. The number of hydrogen-bond acceptors (Lipinski definition) is 6. The van der Waals surface area contributed by atoms with Crippen molar-refractivity contribution in [2.24, 2.45) is 7.05 Å². The molecule has 0 bridgehead atoms. The van der Waals surface area contributed by atoms with Crippen LogP contribution in [0, 0.1) is 6.92 Å². The van der Waals surface area contributed by atoms with E-state index in [9.17, 15) is 14.4 Å². The standard InChI is InChI=1S/C22H23N5O4S/c1-4-26-21-17(19(28)25(3)22(26)30)16(20(29)27-9-6-10-31-27)15(32-21)11-14-12(2)24-18-13(14)7-5-8-23-18/h5,7-8H,4,6,9-11H2,1-3H3,(H,23,24). The van der Waals surface area contributed by atoms with E-state index < -0.39 is 5.56 Å². The molecule has 0 aromatic carbocycles. The van der Waals surface area contributed by atoms with E-state index in [1.165, 1.54) is 23.4 Å². The molecule has 4 aromatic heterocycles. The van der Waals surface area contributed by atoms with Gasteiger partial charge >= 0.3 is 5.69 Å². The van der Waals surface area contributed by atoms with E-state index in [2.05, 4.69) is 9.97 Å². The minimum atomic E-state index is -0.461. The highest BCUT2D eigenvalue weighted by atomic mass is 32.1. The van der Waals surface area contributed by atoms with Crippen molar-refractivity contribution in [2.45, 2.75) is 33.2 Å². The second-order valence-corrected chi connectivity index (χ2v) is 8.95. The number of H-pyrrole nitrogens is 1. The van der Waals surface area contributed by atoms with Gasteiger partial charge in [-0.05, 0) is 38.0 Å². The summed E-state index contributed by atoms with van der Waals surface area (Å²) in [5.74, 6) is -0.335. The minimum absolute atomic E-state index is 0.282. The van der Waals surface area contributed by atoms with Crippen LogP contribution in [0.25, 0.3) is 21.3 Å². The Bertz CT molecular complexity index is 1490. The molecule has 5 heterocycles. The van der Waals surface area contributed by atoms with Crippen molar-refractivity contribution in [3.8, 4) is 0 Å². The summed E-state index contributed by atoms with van der Waals surface area (Å²) < 4.78 is 2.63. The van der Waals surface area contributed by atoms with E-state index in [4.69, 9.17) is 4.84 Å². The number of carbonyl (C=O) groups is 1. The lowest BCUT2D eigenvalue weighted by molar-refractivity contribution is -0.0767. The molecule has 1 saturated heterocycles. The molecule has 0 spiro atoms. The van der Waals surface area contributed by atoms with Crippen molar-refractivity contribution >= 4 is 38.5 Å². The normalized spacial score (nSPS) is 14.2. The summed E-state index contributed by atoms with van der Waals surface area (Å²) in [6, 6.07) is 3.86. The summed E-state index contributed by atoms with van der Waals surface area (Å²) >= 11 is 1.33. The summed E-state index contributed by atoms with van der Waals surface area (Å²) in [4.78, 5) is 53.9. The third-order valence-electron chi connectivity index (χ3n) is 5.98. The lowest BCUT2D eigenvalue weighted by Crippen LogP contribution is -2.38. The van der Waals surface area contributed by atoms with Crippen LogP contribution in [-0.4, -0.2) is 43.2 Å². The Kier molecular flexibility index (Phi) is 4.98. The van der Waals surface area contributed by atoms with E-state index in [1.54, 1.807) is 10.8 Å². The van der Waals surface area contributed by atoms with E-state index in [0.29, 0.717) is 36.5 Å². The predicted molar refractivity (Wildman–Crippen MR) is 122 cm³/mol. The minimum Gasteiger partial charge on any atom is -0.343 e. The smallest absolute Gasteiger partial charge is 0.331 e. The van der Waals surface area contributed by atoms with Crippen molar-refractivity contribution in [3.63, 3.8) is 0 Å². The number of hydrogen-bond donors (Lipinski definition) is 1. The topological polar surface area (TPSA) is 102 Å². The molecule has 0 aliphatic carbocycles. The SMILES string of the molecule is CCn1c(=O)n(C)c(=O)c2c(C(=O)N3CCCO3)c(Cc3c(C)[nH]c4ncccc34)sc21. The van der Waals surface area contributed by atoms with E-state index >= 15 is 0 Å². The van der Waals surface area contributed by atoms with Gasteiger partial charge in [-0.15, -0.1) is 11.3 Å². The van der Waals surface area contributed by atoms with Crippen molar-refractivity contribution in [1.29, 1.82) is 0 Å². The van der Waals surface area contributed by atoms with E-state index in [0.717, 1.165) is 38.2 Å². The molecule has 1 N–H and O–H groups in total. The number of aryl methyl sites for hydroxylation is 2. The average Bonchev–Trinajstić information content (AvgIpc) is 3.51. The Morgan fingerprint density at radius 1 is 1.34 bits per heavy atom. The number of nitrogens with zero attached hydrogens (tertiary/aromatic N) is 4. The fraction of sp³-hybridized carbons (Fsp3) is 0.364. The number of aromatic amines is 1. The van der Waals surface area contributed by atoms with Gasteiger partial charge in [0.15, 0.2) is 0 Å². The van der Waals surface area contributed by atoms with Gasteiger partial charge in [0, 0.05) is 42.2 Å². The van der Waals surface area contributed by atoms with Crippen LogP contribution in [0.15, 0.2) is 27.9 Å². The highest BCUT2D eigenvalue weighted by Crippen LogP contribution is 2.34. The molecule has 0 saturated carbocycles. The Labute approximate surface area is 186 Å². The van der Waals surface area contributed by atoms with Gasteiger partial charge in [0.2, 0.25) is 0 Å². The van der Waals surface area contributed by atoms with Gasteiger partial charge in [0.05, 0.1) is 24.1 Å². The molecule has 5 rings (SSSR count). The van der Waals surface area contributed by atoms with E-state index in [1.807, 2.05) is 26.0 Å². The van der Waals surface area contributed by atoms with Crippen LogP contribution in [-0.2, 0) is 24.9 Å². The number of carbonyl (C=O) groups excluding carboxylic acids is 1. The molecular formula is C22H23N5O4S. The zero-order valence-corrected chi connectivity index (χ0v) is 18.9. The van der Waals surface area contributed by atoms with Gasteiger partial charge in [-0.2, -0.15) is 0 Å². The van der Waals surface area contributed by atoms with Gasteiger partial charge in [0.1, 0.15) is 10.5 Å². The van der Waals surface area contributed by atoms with Crippen molar-refractivity contribution in [2.75, 3.05) is 13.2 Å². The number of fused-ring (bicyclic) bond motifs is 2. The molecule has 1 aliphatic heterocycles. The molecule has 32 heavy (non-hydrogen) atoms. The molecular weight excluding hydrogens is 430 g/mol. The second-order valence-electron chi connectivity index (χ2n) is 7.87. The number of nitrogens with one attached hydrogen (secondary N) is 1. The number of pyridine rings is 1. The number of hydroxylamine groups is 2. The molecule has 1 amide bonds. The van der Waals surface area contributed by atoms with Crippen LogP contribution < -0.4 is 11.2 Å². The highest BCUT2D eigenvalue weighted by Gasteiger charge is 2.31. The molecule has 166 valence electrons. The average molecular weight is 454 g/mol. The fourth-order valence-corrected chi connectivity index (χ4v) is 5.68. The van der Waals surface area contributed by atoms with Crippen LogP contribution in [0.4, 0.5) is 0 Å². The first-order chi connectivity index (χ1) is 15.4. The lowest BCUT2D eigenvalue weighted by atomic mass is 10.0. The third-order valence-corrected chi connectivity index (χ3v) is 7.19. The Balaban J connectivity index is 1.79. The fourth-order valence-electron chi connectivity index (χ4n) is 4.33. The van der Waals surface area contributed by atoms with Crippen LogP contribution in [0.3, 0.4) is 0 Å². The summed E-state index contributed by atoms with van der Waals surface area (Å²) in [5.41, 5.74) is 2.22. The summed E-state index contributed by atoms with van der Waals surface area (Å²) in [6.07, 6.45) is 2.91. The number of thiophene rings is 1. The van der Waals surface area contributed by atoms with E-state index in [-0.39, 0.29) is 17.0 Å². The first-order valence-electron chi connectivity index (χ1n) is 10.5. The van der Waals surface area contributed by atoms with Crippen LogP contribution >= 0.6 is 11.3 Å². The molecule has 1 aliphatic rings. The molecule has 0 radical (unpaired) electrons. The second kappa shape index (κ2) is 7.72. The zero-order chi connectivity index (χ0) is 22.6. The van der Waals surface area contributed by atoms with Crippen molar-refractivity contribution < 1.29 is 9.63 Å². The monoisotopic (exact) mass is 453 g/mol. The summed E-state index contributed by atoms with van der Waals surface area (Å²) in [6.45, 7) is 5.16. The highest BCUT2D eigenvalue weighted by molar-refractivity contribution is 7.19. The largest absolute Gasteiger partial charge is 0.343 e. The number of rotatable bonds is 4. The Morgan fingerprint density at radius 2 is 2.16 bits per heavy atom. The third kappa shape index (κ3) is 3.01. The first kappa shape index (κ1) is 20.7. The van der Waals surface area contributed by atoms with Gasteiger partial charge in [-0.3, -0.25) is 23.6 Å². The summed E-state index contributed by atoms with van der Waals surface area (Å²) in [7, 11) is 1.45. The zero-order valence-electron chi connectivity index (χ0n) is 18.1. The van der Waals surface area contributed by atoms with Gasteiger partial charge < -0.3 is 4.98 Å². The molecule has 4 aromatic rings. The number of aromatic nitrogens is 4. The van der Waals surface area contributed by atoms with Crippen LogP contribution in [0.5, 0.6) is 0 Å². The van der Waals surface area contributed by atoms with Crippen molar-refractivity contribution in [3.05, 3.63) is 60.9 Å². The van der Waals surface area contributed by atoms with Crippen LogP contribution in [0.2, 0.25) is 0 Å². The summed E-state index contributed by atoms with van der Waals surface area (Å²) in [5, 5.41) is 2.58. The Morgan fingerprint density at radius 3 is 2.88 bits per heavy atom. The molecule has 0 unspecified atom stereocenters. The number of amides is 1.